The Morgan fingerprint density at radius 3 is 3.05 bits per heavy atom. The van der Waals surface area contributed by atoms with Gasteiger partial charge in [-0.3, -0.25) is 9.36 Å². The summed E-state index contributed by atoms with van der Waals surface area (Å²) in [6.45, 7) is 3.80. The van der Waals surface area contributed by atoms with Gasteiger partial charge in [-0.05, 0) is 44.5 Å². The maximum Gasteiger partial charge on any atom is 0.261 e. The Kier molecular flexibility index (Phi) is 3.41. The maximum absolute atomic E-state index is 12.6. The number of halogens is 1. The van der Waals surface area contributed by atoms with E-state index < -0.39 is 0 Å². The smallest absolute Gasteiger partial charge is 0.261 e. The molecule has 1 unspecified atom stereocenters. The SMILES string of the molecule is Cc1nc2cc(Br)ccc2c(=O)n1C1CCCNC1. The highest BCUT2D eigenvalue weighted by atomic mass is 79.9. The quantitative estimate of drug-likeness (QED) is 0.877. The molecule has 0 spiro atoms. The van der Waals surface area contributed by atoms with Crippen LogP contribution in [-0.2, 0) is 0 Å². The second-order valence-corrected chi connectivity index (χ2v) is 5.91. The fourth-order valence-electron chi connectivity index (χ4n) is 2.77. The van der Waals surface area contributed by atoms with Gasteiger partial charge in [0.05, 0.1) is 16.9 Å². The molecule has 2 aromatic rings. The van der Waals surface area contributed by atoms with E-state index in [9.17, 15) is 4.79 Å². The molecular formula is C14H16BrN3O. The lowest BCUT2D eigenvalue weighted by molar-refractivity contribution is 0.357. The summed E-state index contributed by atoms with van der Waals surface area (Å²) in [6, 6.07) is 5.86. The summed E-state index contributed by atoms with van der Waals surface area (Å²) in [4.78, 5) is 17.2. The van der Waals surface area contributed by atoms with Crippen LogP contribution >= 0.6 is 15.9 Å². The highest BCUT2D eigenvalue weighted by Crippen LogP contribution is 2.20. The highest BCUT2D eigenvalue weighted by Gasteiger charge is 2.19. The minimum absolute atomic E-state index is 0.0729. The Morgan fingerprint density at radius 2 is 2.32 bits per heavy atom. The lowest BCUT2D eigenvalue weighted by Gasteiger charge is -2.26. The molecule has 0 bridgehead atoms. The van der Waals surface area contributed by atoms with Crippen molar-refractivity contribution >= 4 is 26.8 Å². The van der Waals surface area contributed by atoms with Gasteiger partial charge in [-0.1, -0.05) is 15.9 Å². The number of hydrogen-bond acceptors (Lipinski definition) is 3. The van der Waals surface area contributed by atoms with Crippen LogP contribution in [0.1, 0.15) is 24.7 Å². The normalized spacial score (nSPS) is 19.8. The van der Waals surface area contributed by atoms with E-state index >= 15 is 0 Å². The van der Waals surface area contributed by atoms with Gasteiger partial charge in [0.15, 0.2) is 0 Å². The third-order valence-electron chi connectivity index (χ3n) is 3.68. The summed E-state index contributed by atoms with van der Waals surface area (Å²) in [5.41, 5.74) is 0.834. The van der Waals surface area contributed by atoms with Gasteiger partial charge in [-0.2, -0.15) is 0 Å². The summed E-state index contributed by atoms with van der Waals surface area (Å²) < 4.78 is 2.80. The van der Waals surface area contributed by atoms with E-state index in [1.165, 1.54) is 0 Å². The zero-order valence-electron chi connectivity index (χ0n) is 10.8. The van der Waals surface area contributed by atoms with Crippen molar-refractivity contribution in [1.82, 2.24) is 14.9 Å². The molecule has 100 valence electrons. The van der Waals surface area contributed by atoms with Crippen molar-refractivity contribution in [2.45, 2.75) is 25.8 Å². The minimum Gasteiger partial charge on any atom is -0.315 e. The number of aromatic nitrogens is 2. The summed E-state index contributed by atoms with van der Waals surface area (Å²) in [7, 11) is 0. The van der Waals surface area contributed by atoms with E-state index in [0.717, 1.165) is 41.7 Å². The van der Waals surface area contributed by atoms with Crippen LogP contribution in [0, 0.1) is 6.92 Å². The van der Waals surface area contributed by atoms with Crippen LogP contribution in [0.2, 0.25) is 0 Å². The first-order valence-electron chi connectivity index (χ1n) is 6.56. The lowest BCUT2D eigenvalue weighted by Crippen LogP contribution is -2.38. The molecule has 3 rings (SSSR count). The molecule has 1 N–H and O–H groups in total. The maximum atomic E-state index is 12.6. The Bertz CT molecular complexity index is 674. The van der Waals surface area contributed by atoms with Crippen molar-refractivity contribution in [3.05, 3.63) is 38.9 Å². The molecule has 1 saturated heterocycles. The lowest BCUT2D eigenvalue weighted by atomic mass is 10.1. The summed E-state index contributed by atoms with van der Waals surface area (Å²) in [6.07, 6.45) is 2.15. The van der Waals surface area contributed by atoms with Gasteiger partial charge in [-0.15, -0.1) is 0 Å². The van der Waals surface area contributed by atoms with Gasteiger partial charge < -0.3 is 5.32 Å². The average Bonchev–Trinajstić information content (AvgIpc) is 2.39. The second kappa shape index (κ2) is 5.06. The number of piperidine rings is 1. The molecule has 1 fully saturated rings. The molecule has 0 amide bonds. The molecular weight excluding hydrogens is 306 g/mol. The highest BCUT2D eigenvalue weighted by molar-refractivity contribution is 9.10. The zero-order chi connectivity index (χ0) is 13.4. The van der Waals surface area contributed by atoms with Gasteiger partial charge in [0.1, 0.15) is 5.82 Å². The van der Waals surface area contributed by atoms with Crippen LogP contribution < -0.4 is 10.9 Å². The molecule has 0 aliphatic carbocycles. The first-order valence-corrected chi connectivity index (χ1v) is 7.35. The molecule has 0 radical (unpaired) electrons. The van der Waals surface area contributed by atoms with Crippen LogP contribution in [0.4, 0.5) is 0 Å². The molecule has 1 aliphatic heterocycles. The predicted octanol–water partition coefficient (Wildman–Crippen LogP) is 2.39. The van der Waals surface area contributed by atoms with Gasteiger partial charge >= 0.3 is 0 Å². The average molecular weight is 322 g/mol. The third-order valence-corrected chi connectivity index (χ3v) is 4.17. The van der Waals surface area contributed by atoms with Crippen LogP contribution in [0.25, 0.3) is 10.9 Å². The van der Waals surface area contributed by atoms with Crippen LogP contribution in [0.5, 0.6) is 0 Å². The van der Waals surface area contributed by atoms with Crippen molar-refractivity contribution in [3.8, 4) is 0 Å². The van der Waals surface area contributed by atoms with Gasteiger partial charge in [-0.25, -0.2) is 4.98 Å². The van der Waals surface area contributed by atoms with Crippen molar-refractivity contribution in [2.24, 2.45) is 0 Å². The molecule has 1 atom stereocenters. The van der Waals surface area contributed by atoms with Crippen LogP contribution in [-0.4, -0.2) is 22.6 Å². The van der Waals surface area contributed by atoms with E-state index in [1.54, 1.807) is 0 Å². The number of nitrogens with one attached hydrogen (secondary N) is 1. The van der Waals surface area contributed by atoms with Crippen LogP contribution in [0.15, 0.2) is 27.5 Å². The van der Waals surface area contributed by atoms with E-state index in [2.05, 4.69) is 26.2 Å². The van der Waals surface area contributed by atoms with Gasteiger partial charge in [0, 0.05) is 11.0 Å². The molecule has 1 aromatic heterocycles. The van der Waals surface area contributed by atoms with Crippen molar-refractivity contribution in [1.29, 1.82) is 0 Å². The number of fused-ring (bicyclic) bond motifs is 1. The summed E-state index contributed by atoms with van der Waals surface area (Å²) >= 11 is 3.42. The van der Waals surface area contributed by atoms with E-state index in [0.29, 0.717) is 5.39 Å². The fourth-order valence-corrected chi connectivity index (χ4v) is 3.12. The monoisotopic (exact) mass is 321 g/mol. The van der Waals surface area contributed by atoms with Crippen molar-refractivity contribution < 1.29 is 0 Å². The molecule has 1 aliphatic rings. The number of aryl methyl sites for hydroxylation is 1. The molecule has 1 aromatic carbocycles. The van der Waals surface area contributed by atoms with Crippen molar-refractivity contribution in [3.63, 3.8) is 0 Å². The molecule has 4 nitrogen and oxygen atoms in total. The summed E-state index contributed by atoms with van der Waals surface area (Å²) in [5, 5.41) is 4.04. The predicted molar refractivity (Wildman–Crippen MR) is 79.6 cm³/mol. The van der Waals surface area contributed by atoms with E-state index in [-0.39, 0.29) is 11.6 Å². The first kappa shape index (κ1) is 12.8. The number of benzene rings is 1. The number of nitrogens with zero attached hydrogens (tertiary/aromatic N) is 2. The topological polar surface area (TPSA) is 46.9 Å². The van der Waals surface area contributed by atoms with Crippen LogP contribution in [0.3, 0.4) is 0 Å². The number of rotatable bonds is 1. The fraction of sp³-hybridized carbons (Fsp3) is 0.429. The zero-order valence-corrected chi connectivity index (χ0v) is 12.4. The Labute approximate surface area is 120 Å². The summed E-state index contributed by atoms with van der Waals surface area (Å²) in [5.74, 6) is 0.796. The standard InChI is InChI=1S/C14H16BrN3O/c1-9-17-13-7-10(15)4-5-12(13)14(19)18(9)11-3-2-6-16-8-11/h4-5,7,11,16H,2-3,6,8H2,1H3. The Balaban J connectivity index is 2.19. The van der Waals surface area contributed by atoms with Gasteiger partial charge in [0.25, 0.3) is 5.56 Å². The first-order chi connectivity index (χ1) is 9.16. The number of hydrogen-bond donors (Lipinski definition) is 1. The van der Waals surface area contributed by atoms with Gasteiger partial charge in [0.2, 0.25) is 0 Å². The molecule has 2 heterocycles. The second-order valence-electron chi connectivity index (χ2n) is 5.00. The Hall–Kier alpha value is -1.20. The Morgan fingerprint density at radius 1 is 1.47 bits per heavy atom. The van der Waals surface area contributed by atoms with E-state index in [4.69, 9.17) is 0 Å². The molecule has 19 heavy (non-hydrogen) atoms. The largest absolute Gasteiger partial charge is 0.315 e. The van der Waals surface area contributed by atoms with E-state index in [1.807, 2.05) is 29.7 Å². The molecule has 0 saturated carbocycles. The van der Waals surface area contributed by atoms with Crippen molar-refractivity contribution in [2.75, 3.05) is 13.1 Å². The molecule has 5 heteroatoms. The minimum atomic E-state index is 0.0729. The third kappa shape index (κ3) is 2.32.